The molecule has 0 bridgehead atoms. The topological polar surface area (TPSA) is 61.8 Å². The van der Waals surface area contributed by atoms with E-state index in [4.69, 9.17) is 13.0 Å². The SMILES string of the molecule is C=C(C)C(=O)O[Si](OC(=O)C(=C)C)(O[Si](C)(C)C)C(C)CC. The van der Waals surface area contributed by atoms with Crippen LogP contribution in [0, 0.1) is 0 Å². The van der Waals surface area contributed by atoms with Crippen molar-refractivity contribution >= 4 is 29.1 Å². The molecule has 0 aliphatic heterocycles. The summed E-state index contributed by atoms with van der Waals surface area (Å²) in [6.45, 7) is 19.9. The van der Waals surface area contributed by atoms with Crippen LogP contribution in [0.3, 0.4) is 0 Å². The fourth-order valence-corrected chi connectivity index (χ4v) is 7.84. The lowest BCUT2D eigenvalue weighted by atomic mass is 10.4. The van der Waals surface area contributed by atoms with Gasteiger partial charge in [-0.1, -0.05) is 27.0 Å². The molecule has 126 valence electrons. The Kier molecular flexibility index (Phi) is 7.46. The molecule has 0 aliphatic carbocycles. The molecule has 0 aliphatic rings. The van der Waals surface area contributed by atoms with Gasteiger partial charge in [0.15, 0.2) is 8.32 Å². The number of hydrogen-bond donors (Lipinski definition) is 0. The third-order valence-corrected chi connectivity index (χ3v) is 8.97. The Labute approximate surface area is 135 Å². The molecule has 0 aromatic rings. The normalized spacial score (nSPS) is 13.2. The Hall–Kier alpha value is -1.19. The van der Waals surface area contributed by atoms with Crippen molar-refractivity contribution in [3.63, 3.8) is 0 Å². The van der Waals surface area contributed by atoms with Gasteiger partial charge in [0.25, 0.3) is 0 Å². The third-order valence-electron chi connectivity index (χ3n) is 2.83. The highest BCUT2D eigenvalue weighted by molar-refractivity contribution is 6.81. The van der Waals surface area contributed by atoms with Crippen molar-refractivity contribution in [2.75, 3.05) is 0 Å². The van der Waals surface area contributed by atoms with E-state index in [0.717, 1.165) is 0 Å². The predicted molar refractivity (Wildman–Crippen MR) is 91.7 cm³/mol. The van der Waals surface area contributed by atoms with Gasteiger partial charge in [-0.3, -0.25) is 0 Å². The smallest absolute Gasteiger partial charge is 0.461 e. The number of carbonyl (C=O) groups excluding carboxylic acids is 2. The van der Waals surface area contributed by atoms with Crippen molar-refractivity contribution in [1.82, 2.24) is 0 Å². The quantitative estimate of drug-likeness (QED) is 0.495. The van der Waals surface area contributed by atoms with Gasteiger partial charge in [0.05, 0.1) is 0 Å². The molecule has 0 rings (SSSR count). The lowest BCUT2D eigenvalue weighted by Crippen LogP contribution is -2.57. The summed E-state index contributed by atoms with van der Waals surface area (Å²) in [4.78, 5) is 24.1. The maximum absolute atomic E-state index is 12.1. The molecular weight excluding hydrogens is 316 g/mol. The molecule has 0 saturated carbocycles. The fourth-order valence-electron chi connectivity index (χ4n) is 1.47. The summed E-state index contributed by atoms with van der Waals surface area (Å²) in [5.74, 6) is -1.19. The molecule has 0 aromatic heterocycles. The number of rotatable bonds is 8. The molecule has 0 fully saturated rings. The molecule has 22 heavy (non-hydrogen) atoms. The highest BCUT2D eigenvalue weighted by atomic mass is 28.5. The summed E-state index contributed by atoms with van der Waals surface area (Å²) < 4.78 is 17.3. The Balaban J connectivity index is 5.80. The maximum Gasteiger partial charge on any atom is 0.628 e. The van der Waals surface area contributed by atoms with Crippen LogP contribution >= 0.6 is 0 Å². The van der Waals surface area contributed by atoms with E-state index >= 15 is 0 Å². The molecule has 0 amide bonds. The van der Waals surface area contributed by atoms with Crippen LogP contribution in [0.15, 0.2) is 24.3 Å². The van der Waals surface area contributed by atoms with Gasteiger partial charge in [0, 0.05) is 16.7 Å². The average molecular weight is 345 g/mol. The lowest BCUT2D eigenvalue weighted by molar-refractivity contribution is -0.140. The van der Waals surface area contributed by atoms with Crippen molar-refractivity contribution in [2.45, 2.75) is 59.3 Å². The first-order chi connectivity index (χ1) is 9.84. The van der Waals surface area contributed by atoms with Gasteiger partial charge in [-0.2, -0.15) is 0 Å². The zero-order valence-electron chi connectivity index (χ0n) is 14.7. The Morgan fingerprint density at radius 3 is 1.59 bits per heavy atom. The van der Waals surface area contributed by atoms with E-state index in [1.165, 1.54) is 0 Å². The standard InChI is InChI=1S/C15H28O5Si2/c1-10-13(6)22(20-21(7,8)9,18-14(16)11(2)3)19-15(17)12(4)5/h13H,2,4,10H2,1,3,5-9H3. The van der Waals surface area contributed by atoms with E-state index in [2.05, 4.69) is 13.2 Å². The largest absolute Gasteiger partial charge is 0.628 e. The molecule has 0 heterocycles. The van der Waals surface area contributed by atoms with Crippen molar-refractivity contribution in [3.05, 3.63) is 24.3 Å². The molecule has 0 N–H and O–H groups in total. The Bertz CT molecular complexity index is 437. The fraction of sp³-hybridized carbons (Fsp3) is 0.600. The number of carbonyl (C=O) groups is 2. The lowest BCUT2D eigenvalue weighted by Gasteiger charge is -2.37. The van der Waals surface area contributed by atoms with E-state index < -0.39 is 29.1 Å². The predicted octanol–water partition coefficient (Wildman–Crippen LogP) is 3.82. The van der Waals surface area contributed by atoms with Crippen LogP contribution in [0.5, 0.6) is 0 Å². The summed E-state index contributed by atoms with van der Waals surface area (Å²) in [5.41, 5.74) is 0.280. The van der Waals surface area contributed by atoms with E-state index in [1.807, 2.05) is 33.5 Å². The molecular formula is C15H28O5Si2. The monoisotopic (exact) mass is 344 g/mol. The highest BCUT2D eigenvalue weighted by Gasteiger charge is 2.56. The summed E-state index contributed by atoms with van der Waals surface area (Å²) in [7, 11) is -5.67. The van der Waals surface area contributed by atoms with E-state index in [9.17, 15) is 9.59 Å². The summed E-state index contributed by atoms with van der Waals surface area (Å²) in [6, 6.07) is 0. The molecule has 1 unspecified atom stereocenters. The van der Waals surface area contributed by atoms with Crippen LogP contribution in [-0.4, -0.2) is 29.1 Å². The van der Waals surface area contributed by atoms with Gasteiger partial charge in [-0.05, 0) is 39.9 Å². The Morgan fingerprint density at radius 1 is 1.00 bits per heavy atom. The van der Waals surface area contributed by atoms with Crippen LogP contribution in [0.2, 0.25) is 25.2 Å². The van der Waals surface area contributed by atoms with E-state index in [0.29, 0.717) is 6.42 Å². The highest BCUT2D eigenvalue weighted by Crippen LogP contribution is 2.32. The second-order valence-electron chi connectivity index (χ2n) is 6.47. The van der Waals surface area contributed by atoms with Crippen molar-refractivity contribution < 1.29 is 22.6 Å². The van der Waals surface area contributed by atoms with Gasteiger partial charge in [-0.25, -0.2) is 9.59 Å². The van der Waals surface area contributed by atoms with Crippen LogP contribution < -0.4 is 0 Å². The average Bonchev–Trinajstić information content (AvgIpc) is 2.34. The van der Waals surface area contributed by atoms with E-state index in [-0.39, 0.29) is 16.7 Å². The zero-order valence-corrected chi connectivity index (χ0v) is 16.7. The molecule has 0 saturated heterocycles. The first kappa shape index (κ1) is 20.8. The van der Waals surface area contributed by atoms with Crippen LogP contribution in [0.25, 0.3) is 0 Å². The van der Waals surface area contributed by atoms with Crippen LogP contribution in [0.4, 0.5) is 0 Å². The molecule has 5 nitrogen and oxygen atoms in total. The summed E-state index contributed by atoms with van der Waals surface area (Å²) in [6.07, 6.45) is 0.656. The van der Waals surface area contributed by atoms with Crippen LogP contribution in [-0.2, 0) is 22.6 Å². The van der Waals surface area contributed by atoms with Gasteiger partial charge in [-0.15, -0.1) is 0 Å². The van der Waals surface area contributed by atoms with E-state index in [1.54, 1.807) is 13.8 Å². The molecule has 0 spiro atoms. The van der Waals surface area contributed by atoms with Crippen molar-refractivity contribution in [1.29, 1.82) is 0 Å². The van der Waals surface area contributed by atoms with Crippen molar-refractivity contribution in [2.24, 2.45) is 0 Å². The first-order valence-electron chi connectivity index (χ1n) is 7.32. The zero-order chi connectivity index (χ0) is 17.7. The van der Waals surface area contributed by atoms with Gasteiger partial charge < -0.3 is 13.0 Å². The second kappa shape index (κ2) is 7.89. The van der Waals surface area contributed by atoms with Gasteiger partial charge >= 0.3 is 20.7 Å². The second-order valence-corrected chi connectivity index (χ2v) is 14.1. The van der Waals surface area contributed by atoms with Crippen LogP contribution in [0.1, 0.15) is 34.1 Å². The van der Waals surface area contributed by atoms with Gasteiger partial charge in [0.2, 0.25) is 0 Å². The minimum Gasteiger partial charge on any atom is -0.461 e. The first-order valence-corrected chi connectivity index (χ1v) is 12.5. The Morgan fingerprint density at radius 2 is 1.36 bits per heavy atom. The van der Waals surface area contributed by atoms with Gasteiger partial charge in [0.1, 0.15) is 0 Å². The summed E-state index contributed by atoms with van der Waals surface area (Å²) >= 11 is 0. The number of hydrogen-bond acceptors (Lipinski definition) is 5. The molecule has 0 radical (unpaired) electrons. The maximum atomic E-state index is 12.1. The molecule has 1 atom stereocenters. The third kappa shape index (κ3) is 6.29. The minimum absolute atomic E-state index is 0.203. The molecule has 7 heteroatoms. The minimum atomic E-state index is -3.55. The molecule has 0 aromatic carbocycles. The summed E-state index contributed by atoms with van der Waals surface area (Å²) in [5, 5.41) is 0. The van der Waals surface area contributed by atoms with Crippen molar-refractivity contribution in [3.8, 4) is 0 Å².